The minimum Gasteiger partial charge on any atom is -0.456 e. The van der Waals surface area contributed by atoms with Crippen LogP contribution in [0.1, 0.15) is 82.1 Å². The maximum atomic E-state index is 12.4. The molecular weight excluding hydrogens is 664 g/mol. The molecule has 2 aliphatic heterocycles. The average Bonchev–Trinajstić information content (AvgIpc) is 2.97. The zero-order valence-corrected chi connectivity index (χ0v) is 30.3. The van der Waals surface area contributed by atoms with Crippen molar-refractivity contribution < 1.29 is 76.1 Å². The van der Waals surface area contributed by atoms with Crippen molar-refractivity contribution >= 4 is 35.8 Å². The van der Waals surface area contributed by atoms with Crippen LogP contribution in [0.5, 0.6) is 0 Å². The van der Waals surface area contributed by atoms with E-state index in [0.717, 1.165) is 47.1 Å². The third-order valence-corrected chi connectivity index (χ3v) is 7.57. The molecule has 0 unspecified atom stereocenters. The second-order valence-electron chi connectivity index (χ2n) is 12.5. The van der Waals surface area contributed by atoms with Crippen LogP contribution in [-0.4, -0.2) is 109 Å². The van der Waals surface area contributed by atoms with Crippen molar-refractivity contribution in [2.24, 2.45) is 0 Å². The molecule has 0 spiro atoms. The second-order valence-corrected chi connectivity index (χ2v) is 12.5. The molecule has 16 nitrogen and oxygen atoms in total. The van der Waals surface area contributed by atoms with Crippen LogP contribution in [0, 0.1) is 0 Å². The van der Waals surface area contributed by atoms with Crippen molar-refractivity contribution in [3.8, 4) is 0 Å². The Morgan fingerprint density at radius 1 is 0.620 bits per heavy atom. The van der Waals surface area contributed by atoms with Gasteiger partial charge in [-0.1, -0.05) is 17.7 Å². The molecule has 0 bridgehead atoms. The number of hydrogen-bond acceptors (Lipinski definition) is 16. The van der Waals surface area contributed by atoms with Crippen LogP contribution in [0.2, 0.25) is 0 Å². The Bertz CT molecular complexity index is 1270. The molecule has 0 amide bonds. The summed E-state index contributed by atoms with van der Waals surface area (Å²) in [5.74, 6) is -4.62. The maximum Gasteiger partial charge on any atom is 0.303 e. The molecule has 0 aromatic carbocycles. The molecule has 0 saturated carbocycles. The van der Waals surface area contributed by atoms with Crippen molar-refractivity contribution in [3.63, 3.8) is 0 Å². The van der Waals surface area contributed by atoms with E-state index in [-0.39, 0.29) is 0 Å². The minimum absolute atomic E-state index is 0.431. The van der Waals surface area contributed by atoms with E-state index >= 15 is 0 Å². The summed E-state index contributed by atoms with van der Waals surface area (Å²) in [5.41, 5.74) is 0.0294. The molecule has 0 N–H and O–H groups in total. The lowest BCUT2D eigenvalue weighted by molar-refractivity contribution is -0.341. The molecule has 2 fully saturated rings. The van der Waals surface area contributed by atoms with Gasteiger partial charge < -0.3 is 47.4 Å². The molecule has 0 aromatic heterocycles. The molecule has 2 saturated heterocycles. The van der Waals surface area contributed by atoms with Gasteiger partial charge in [-0.25, -0.2) is 0 Å². The van der Waals surface area contributed by atoms with Gasteiger partial charge in [0.15, 0.2) is 49.2 Å². The zero-order valence-electron chi connectivity index (χ0n) is 30.3. The summed E-state index contributed by atoms with van der Waals surface area (Å²) in [6.45, 7) is 17.3. The van der Waals surface area contributed by atoms with Crippen molar-refractivity contribution in [3.05, 3.63) is 24.3 Å². The lowest BCUT2D eigenvalue weighted by atomic mass is 9.95. The van der Waals surface area contributed by atoms with E-state index in [1.165, 1.54) is 6.92 Å². The van der Waals surface area contributed by atoms with Gasteiger partial charge >= 0.3 is 35.8 Å². The number of carbonyl (C=O) groups excluding carboxylic acids is 6. The summed E-state index contributed by atoms with van der Waals surface area (Å²) in [6.07, 6.45) is -8.78. The third-order valence-electron chi connectivity index (χ3n) is 7.57. The Hall–Kier alpha value is -3.86. The Morgan fingerprint density at radius 2 is 1.04 bits per heavy atom. The second kappa shape index (κ2) is 18.9. The normalized spacial score (nSPS) is 30.4. The lowest BCUT2D eigenvalue weighted by Gasteiger charge is -2.47. The van der Waals surface area contributed by atoms with Crippen molar-refractivity contribution in [1.82, 2.24) is 0 Å². The van der Waals surface area contributed by atoms with E-state index in [4.69, 9.17) is 47.4 Å². The number of allylic oxidation sites excluding steroid dienone is 2. The topological polar surface area (TPSA) is 195 Å². The van der Waals surface area contributed by atoms with Gasteiger partial charge in [0, 0.05) is 41.5 Å². The van der Waals surface area contributed by atoms with Crippen LogP contribution < -0.4 is 0 Å². The van der Waals surface area contributed by atoms with Gasteiger partial charge in [0.25, 0.3) is 0 Å². The molecule has 16 heteroatoms. The molecule has 11 atom stereocenters. The monoisotopic (exact) mass is 714 g/mol. The number of hydrogen-bond donors (Lipinski definition) is 0. The highest BCUT2D eigenvalue weighted by atomic mass is 16.8. The van der Waals surface area contributed by atoms with Crippen LogP contribution in [-0.2, 0) is 76.1 Å². The predicted molar refractivity (Wildman–Crippen MR) is 171 cm³/mol. The fourth-order valence-electron chi connectivity index (χ4n) is 5.50. The summed E-state index contributed by atoms with van der Waals surface area (Å²) >= 11 is 0. The molecule has 2 rings (SSSR count). The van der Waals surface area contributed by atoms with Crippen molar-refractivity contribution in [2.45, 2.75) is 149 Å². The molecule has 282 valence electrons. The smallest absolute Gasteiger partial charge is 0.303 e. The first-order chi connectivity index (χ1) is 23.3. The Balaban J connectivity index is 2.57. The molecule has 0 aliphatic carbocycles. The lowest BCUT2D eigenvalue weighted by Crippen LogP contribution is -2.65. The predicted octanol–water partition coefficient (Wildman–Crippen LogP) is 2.77. The summed E-state index contributed by atoms with van der Waals surface area (Å²) < 4.78 is 57.6. The summed E-state index contributed by atoms with van der Waals surface area (Å²) in [5, 5.41) is 0. The molecule has 2 heterocycles. The van der Waals surface area contributed by atoms with E-state index < -0.39 is 109 Å². The molecule has 0 radical (unpaired) electrons. The van der Waals surface area contributed by atoms with E-state index in [1.807, 2.05) is 19.9 Å². The van der Waals surface area contributed by atoms with Gasteiger partial charge in [0.1, 0.15) is 6.10 Å². The molecule has 50 heavy (non-hydrogen) atoms. The third kappa shape index (κ3) is 12.8. The Labute approximate surface area is 291 Å². The van der Waals surface area contributed by atoms with Gasteiger partial charge in [-0.2, -0.15) is 0 Å². The van der Waals surface area contributed by atoms with Gasteiger partial charge in [-0.05, 0) is 40.5 Å². The van der Waals surface area contributed by atoms with Gasteiger partial charge in [0.2, 0.25) is 0 Å². The molecule has 2 aliphatic rings. The van der Waals surface area contributed by atoms with Gasteiger partial charge in [-0.15, -0.1) is 6.58 Å². The largest absolute Gasteiger partial charge is 0.456 e. The van der Waals surface area contributed by atoms with Crippen molar-refractivity contribution in [1.29, 1.82) is 0 Å². The van der Waals surface area contributed by atoms with Crippen LogP contribution in [0.4, 0.5) is 0 Å². The Kier molecular flexibility index (Phi) is 16.0. The first kappa shape index (κ1) is 42.3. The van der Waals surface area contributed by atoms with Crippen molar-refractivity contribution in [2.75, 3.05) is 6.61 Å². The minimum atomic E-state index is -1.45. The quantitative estimate of drug-likeness (QED) is 0.136. The van der Waals surface area contributed by atoms with Crippen LogP contribution in [0.15, 0.2) is 24.3 Å². The summed E-state index contributed by atoms with van der Waals surface area (Å²) in [4.78, 5) is 73.2. The first-order valence-corrected chi connectivity index (χ1v) is 16.2. The standard InChI is InChI=1S/C34H50O16/c1-12-34(11,15-13-14-17(2)3)50-33-31(48-24(10)40)29(46-22(8)38)27(44-20(6)36)25(49-33)16-41-32-30(47-23(9)39)28(45-21(7)37)26(18(4)42-32)43-19(5)35/h12,14,18,25-33H,1,13,15-16H2,2-11H3/t18-,25+,26-,27+,28+,29-,30+,31+,32+,33-,34+/m0/s1. The van der Waals surface area contributed by atoms with E-state index in [0.29, 0.717) is 12.8 Å². The van der Waals surface area contributed by atoms with Gasteiger partial charge in [-0.3, -0.25) is 28.8 Å². The Morgan fingerprint density at radius 3 is 1.50 bits per heavy atom. The first-order valence-electron chi connectivity index (χ1n) is 16.2. The fourth-order valence-corrected chi connectivity index (χ4v) is 5.50. The maximum absolute atomic E-state index is 12.4. The molecular formula is C34H50O16. The average molecular weight is 715 g/mol. The van der Waals surface area contributed by atoms with Crippen LogP contribution in [0.3, 0.4) is 0 Å². The summed E-state index contributed by atoms with van der Waals surface area (Å²) in [6, 6.07) is 0. The highest BCUT2D eigenvalue weighted by Gasteiger charge is 2.55. The number of esters is 6. The van der Waals surface area contributed by atoms with E-state index in [9.17, 15) is 28.8 Å². The number of rotatable bonds is 15. The van der Waals surface area contributed by atoms with Crippen LogP contribution >= 0.6 is 0 Å². The van der Waals surface area contributed by atoms with E-state index in [2.05, 4.69) is 6.58 Å². The van der Waals surface area contributed by atoms with Gasteiger partial charge in [0.05, 0.1) is 18.3 Å². The molecule has 0 aromatic rings. The van der Waals surface area contributed by atoms with E-state index in [1.54, 1.807) is 13.0 Å². The number of ether oxygens (including phenoxy) is 10. The highest BCUT2D eigenvalue weighted by Crippen LogP contribution is 2.35. The highest BCUT2D eigenvalue weighted by molar-refractivity contribution is 5.69. The number of carbonyl (C=O) groups is 6. The SMILES string of the molecule is C=C[C@](C)(CCC=C(C)C)O[C@@H]1O[C@H](CO[C@@H]2O[C@@H](C)[C@H](OC(C)=O)[C@@H](OC(C)=O)[C@H]2OC(C)=O)[C@@H](OC(C)=O)[C@H](OC(C)=O)[C@H]1OC(C)=O. The fraction of sp³-hybridized carbons (Fsp3) is 0.706. The van der Waals surface area contributed by atoms with Crippen LogP contribution in [0.25, 0.3) is 0 Å². The summed E-state index contributed by atoms with van der Waals surface area (Å²) in [7, 11) is 0. The zero-order chi connectivity index (χ0) is 37.9.